The molecule has 3 aromatic carbocycles. The number of amides is 1. The third kappa shape index (κ3) is 4.74. The zero-order valence-electron chi connectivity index (χ0n) is 18.7. The molecule has 34 heavy (non-hydrogen) atoms. The predicted octanol–water partition coefficient (Wildman–Crippen LogP) is 6.29. The normalized spacial score (nSPS) is 14.9. The van der Waals surface area contributed by atoms with Crippen LogP contribution >= 0.6 is 24.0 Å². The van der Waals surface area contributed by atoms with Crippen LogP contribution in [0.2, 0.25) is 0 Å². The molecule has 1 aromatic heterocycles. The summed E-state index contributed by atoms with van der Waals surface area (Å²) in [5.41, 5.74) is 6.06. The number of benzene rings is 3. The van der Waals surface area contributed by atoms with E-state index in [0.29, 0.717) is 15.8 Å². The molecule has 0 spiro atoms. The second kappa shape index (κ2) is 9.79. The Bertz CT molecular complexity index is 1360. The van der Waals surface area contributed by atoms with E-state index in [-0.39, 0.29) is 5.91 Å². The second-order valence-corrected chi connectivity index (χ2v) is 9.82. The molecular weight excluding hydrogens is 458 g/mol. The van der Waals surface area contributed by atoms with Crippen LogP contribution in [-0.2, 0) is 11.2 Å². The highest BCUT2D eigenvalue weighted by molar-refractivity contribution is 8.26. The molecule has 168 valence electrons. The van der Waals surface area contributed by atoms with E-state index in [1.807, 2.05) is 65.5 Å². The highest BCUT2D eigenvalue weighted by atomic mass is 32.2. The Hall–Kier alpha value is -3.48. The first-order valence-electron chi connectivity index (χ1n) is 11.1. The highest BCUT2D eigenvalue weighted by Gasteiger charge is 2.32. The summed E-state index contributed by atoms with van der Waals surface area (Å²) in [4.78, 5) is 15.6. The number of carbonyl (C=O) groups excluding carboxylic acids is 1. The van der Waals surface area contributed by atoms with E-state index in [0.717, 1.165) is 28.9 Å². The number of thioether (sulfide) groups is 1. The molecule has 6 heteroatoms. The molecule has 0 N–H and O–H groups in total. The van der Waals surface area contributed by atoms with Gasteiger partial charge in [0.25, 0.3) is 5.91 Å². The van der Waals surface area contributed by atoms with Gasteiger partial charge in [0, 0.05) is 23.9 Å². The number of hydrogen-bond acceptors (Lipinski definition) is 4. The number of aryl methyl sites for hydroxylation is 1. The maximum Gasteiger partial charge on any atom is 0.266 e. The van der Waals surface area contributed by atoms with Crippen molar-refractivity contribution in [2.75, 3.05) is 6.54 Å². The number of carbonyl (C=O) groups is 1. The van der Waals surface area contributed by atoms with Crippen LogP contribution in [0.1, 0.15) is 16.7 Å². The van der Waals surface area contributed by atoms with Crippen LogP contribution in [0.4, 0.5) is 0 Å². The Balaban J connectivity index is 1.47. The van der Waals surface area contributed by atoms with Crippen molar-refractivity contribution in [1.29, 1.82) is 0 Å². The molecule has 1 aliphatic rings. The molecule has 0 bridgehead atoms. The molecule has 1 fully saturated rings. The molecule has 4 nitrogen and oxygen atoms in total. The zero-order valence-corrected chi connectivity index (χ0v) is 20.4. The fourth-order valence-electron chi connectivity index (χ4n) is 3.86. The van der Waals surface area contributed by atoms with Crippen LogP contribution < -0.4 is 0 Å². The molecule has 0 atom stereocenters. The SMILES string of the molecule is Cc1ccc(-c2nn(-c3ccccc3)cc2C=C2SC(=S)N(CCc3ccccc3)C2=O)cc1. The first-order chi connectivity index (χ1) is 16.6. The zero-order chi connectivity index (χ0) is 23.5. The number of para-hydroxylation sites is 1. The van der Waals surface area contributed by atoms with Crippen LogP contribution in [0.5, 0.6) is 0 Å². The van der Waals surface area contributed by atoms with E-state index in [9.17, 15) is 4.79 Å². The van der Waals surface area contributed by atoms with Crippen molar-refractivity contribution in [2.45, 2.75) is 13.3 Å². The lowest BCUT2D eigenvalue weighted by Gasteiger charge is -2.14. The smallest absolute Gasteiger partial charge is 0.266 e. The van der Waals surface area contributed by atoms with Crippen molar-refractivity contribution >= 4 is 40.3 Å². The lowest BCUT2D eigenvalue weighted by atomic mass is 10.1. The Morgan fingerprint density at radius 1 is 0.941 bits per heavy atom. The van der Waals surface area contributed by atoms with Gasteiger partial charge in [-0.15, -0.1) is 0 Å². The van der Waals surface area contributed by atoms with Gasteiger partial charge in [0.1, 0.15) is 4.32 Å². The van der Waals surface area contributed by atoms with E-state index in [1.165, 1.54) is 22.9 Å². The summed E-state index contributed by atoms with van der Waals surface area (Å²) in [5, 5.41) is 4.87. The van der Waals surface area contributed by atoms with Crippen LogP contribution in [0.3, 0.4) is 0 Å². The molecule has 0 radical (unpaired) electrons. The minimum absolute atomic E-state index is 0.0479. The second-order valence-electron chi connectivity index (χ2n) is 8.15. The fourth-order valence-corrected chi connectivity index (χ4v) is 5.16. The molecule has 4 aromatic rings. The summed E-state index contributed by atoms with van der Waals surface area (Å²) in [6, 6.07) is 28.4. The minimum atomic E-state index is -0.0479. The van der Waals surface area contributed by atoms with Gasteiger partial charge in [-0.05, 0) is 37.1 Å². The third-order valence-corrected chi connectivity index (χ3v) is 7.09. The number of thiocarbonyl (C=S) groups is 1. The Morgan fingerprint density at radius 3 is 2.32 bits per heavy atom. The number of rotatable bonds is 6. The molecule has 0 saturated carbocycles. The van der Waals surface area contributed by atoms with Gasteiger partial charge in [-0.3, -0.25) is 9.69 Å². The highest BCUT2D eigenvalue weighted by Crippen LogP contribution is 2.35. The van der Waals surface area contributed by atoms with Gasteiger partial charge in [-0.2, -0.15) is 5.10 Å². The summed E-state index contributed by atoms with van der Waals surface area (Å²) in [6.45, 7) is 2.63. The van der Waals surface area contributed by atoms with Crippen LogP contribution in [0.25, 0.3) is 23.0 Å². The van der Waals surface area contributed by atoms with Gasteiger partial charge in [0.15, 0.2) is 0 Å². The molecule has 0 aliphatic carbocycles. The summed E-state index contributed by atoms with van der Waals surface area (Å²) in [5.74, 6) is -0.0479. The summed E-state index contributed by atoms with van der Waals surface area (Å²) < 4.78 is 2.46. The van der Waals surface area contributed by atoms with Gasteiger partial charge >= 0.3 is 0 Å². The number of nitrogens with zero attached hydrogens (tertiary/aromatic N) is 3. The standard InChI is InChI=1S/C28H23N3OS2/c1-20-12-14-22(15-13-20)26-23(19-31(29-26)24-10-6-3-7-11-24)18-25-27(32)30(28(33)34-25)17-16-21-8-4-2-5-9-21/h2-15,18-19H,16-17H2,1H3. The van der Waals surface area contributed by atoms with Gasteiger partial charge < -0.3 is 0 Å². The van der Waals surface area contributed by atoms with Crippen LogP contribution in [-0.4, -0.2) is 31.5 Å². The number of hydrogen-bond donors (Lipinski definition) is 0. The molecule has 1 aliphatic heterocycles. The van der Waals surface area contributed by atoms with Gasteiger partial charge in [0.05, 0.1) is 16.3 Å². The molecule has 0 unspecified atom stereocenters. The fraction of sp³-hybridized carbons (Fsp3) is 0.107. The summed E-state index contributed by atoms with van der Waals surface area (Å²) in [7, 11) is 0. The first kappa shape index (κ1) is 22.3. The topological polar surface area (TPSA) is 38.1 Å². The minimum Gasteiger partial charge on any atom is -0.293 e. The average Bonchev–Trinajstić information content (AvgIpc) is 3.40. The molecule has 1 saturated heterocycles. The average molecular weight is 482 g/mol. The van der Waals surface area contributed by atoms with Crippen molar-refractivity contribution < 1.29 is 4.79 Å². The van der Waals surface area contributed by atoms with Gasteiger partial charge in [-0.25, -0.2) is 4.68 Å². The maximum atomic E-state index is 13.2. The summed E-state index contributed by atoms with van der Waals surface area (Å²) in [6.07, 6.45) is 4.66. The van der Waals surface area contributed by atoms with E-state index in [4.69, 9.17) is 17.3 Å². The Morgan fingerprint density at radius 2 is 1.62 bits per heavy atom. The first-order valence-corrected chi connectivity index (χ1v) is 12.3. The maximum absolute atomic E-state index is 13.2. The van der Waals surface area contributed by atoms with Crippen molar-refractivity contribution in [3.63, 3.8) is 0 Å². The molecule has 2 heterocycles. The Labute approximate surface area is 208 Å². The summed E-state index contributed by atoms with van der Waals surface area (Å²) >= 11 is 6.91. The van der Waals surface area contributed by atoms with Crippen molar-refractivity contribution in [2.24, 2.45) is 0 Å². The third-order valence-electron chi connectivity index (χ3n) is 5.72. The number of aromatic nitrogens is 2. The van der Waals surface area contributed by atoms with Crippen molar-refractivity contribution in [1.82, 2.24) is 14.7 Å². The quantitative estimate of drug-likeness (QED) is 0.240. The lowest BCUT2D eigenvalue weighted by Crippen LogP contribution is -2.30. The lowest BCUT2D eigenvalue weighted by molar-refractivity contribution is -0.122. The monoisotopic (exact) mass is 481 g/mol. The van der Waals surface area contributed by atoms with E-state index in [2.05, 4.69) is 43.3 Å². The van der Waals surface area contributed by atoms with E-state index >= 15 is 0 Å². The Kier molecular flexibility index (Phi) is 6.43. The van der Waals surface area contributed by atoms with Crippen molar-refractivity contribution in [3.8, 4) is 16.9 Å². The largest absolute Gasteiger partial charge is 0.293 e. The van der Waals surface area contributed by atoms with Crippen molar-refractivity contribution in [3.05, 3.63) is 113 Å². The van der Waals surface area contributed by atoms with E-state index in [1.54, 1.807) is 4.90 Å². The molecule has 5 rings (SSSR count). The molecule has 1 amide bonds. The predicted molar refractivity (Wildman–Crippen MR) is 144 cm³/mol. The van der Waals surface area contributed by atoms with Gasteiger partial charge in [-0.1, -0.05) is 102 Å². The van der Waals surface area contributed by atoms with Crippen LogP contribution in [0.15, 0.2) is 96.0 Å². The van der Waals surface area contributed by atoms with Gasteiger partial charge in [0.2, 0.25) is 0 Å². The van der Waals surface area contributed by atoms with E-state index < -0.39 is 0 Å². The van der Waals surface area contributed by atoms with Crippen LogP contribution in [0, 0.1) is 6.92 Å². The molecular formula is C28H23N3OS2.